The van der Waals surface area contributed by atoms with E-state index in [-0.39, 0.29) is 0 Å². The molecule has 1 aromatic heterocycles. The molecule has 1 aromatic carbocycles. The summed E-state index contributed by atoms with van der Waals surface area (Å²) in [5.74, 6) is 2.30. The van der Waals surface area contributed by atoms with Crippen molar-refractivity contribution in [1.82, 2.24) is 20.8 Å². The zero-order valence-electron chi connectivity index (χ0n) is 14.3. The highest BCUT2D eigenvalue weighted by Crippen LogP contribution is 2.14. The summed E-state index contributed by atoms with van der Waals surface area (Å²) in [5.41, 5.74) is 2.59. The molecular weight excluding hydrogens is 290 g/mol. The van der Waals surface area contributed by atoms with E-state index in [1.54, 1.807) is 6.92 Å². The molecule has 0 aliphatic heterocycles. The molecular formula is C17H25N5O. The maximum absolute atomic E-state index is 4.95. The normalized spacial score (nSPS) is 13.0. The Morgan fingerprint density at radius 2 is 1.96 bits per heavy atom. The van der Waals surface area contributed by atoms with Crippen LogP contribution in [-0.4, -0.2) is 29.2 Å². The van der Waals surface area contributed by atoms with Crippen molar-refractivity contribution in [2.24, 2.45) is 4.99 Å². The lowest BCUT2D eigenvalue weighted by Gasteiger charge is -2.16. The lowest BCUT2D eigenvalue weighted by molar-refractivity contribution is 0.387. The van der Waals surface area contributed by atoms with Crippen LogP contribution in [0.5, 0.6) is 0 Å². The molecule has 2 aromatic rings. The molecule has 0 saturated heterocycles. The fourth-order valence-corrected chi connectivity index (χ4v) is 2.16. The van der Waals surface area contributed by atoms with Crippen LogP contribution >= 0.6 is 0 Å². The maximum Gasteiger partial charge on any atom is 0.223 e. The van der Waals surface area contributed by atoms with E-state index < -0.39 is 0 Å². The third kappa shape index (κ3) is 5.39. The monoisotopic (exact) mass is 315 g/mol. The van der Waals surface area contributed by atoms with Gasteiger partial charge in [-0.25, -0.2) is 4.99 Å². The second-order valence-electron chi connectivity index (χ2n) is 5.62. The summed E-state index contributed by atoms with van der Waals surface area (Å²) in [7, 11) is 0. The van der Waals surface area contributed by atoms with E-state index in [0.29, 0.717) is 24.2 Å². The summed E-state index contributed by atoms with van der Waals surface area (Å²) in [4.78, 5) is 8.64. The molecule has 0 saturated carbocycles. The van der Waals surface area contributed by atoms with Gasteiger partial charge in [-0.3, -0.25) is 0 Å². The van der Waals surface area contributed by atoms with Crippen LogP contribution in [0, 0.1) is 13.8 Å². The second-order valence-corrected chi connectivity index (χ2v) is 5.62. The minimum Gasteiger partial charge on any atom is -0.357 e. The molecule has 2 N–H and O–H groups in total. The Morgan fingerprint density at radius 1 is 1.22 bits per heavy atom. The molecule has 0 bridgehead atoms. The predicted molar refractivity (Wildman–Crippen MR) is 91.4 cm³/mol. The van der Waals surface area contributed by atoms with Crippen molar-refractivity contribution in [3.63, 3.8) is 0 Å². The van der Waals surface area contributed by atoms with Crippen molar-refractivity contribution in [2.75, 3.05) is 13.1 Å². The van der Waals surface area contributed by atoms with Crippen LogP contribution in [0.2, 0.25) is 0 Å². The van der Waals surface area contributed by atoms with Crippen molar-refractivity contribution in [3.8, 4) is 0 Å². The Hall–Kier alpha value is -2.37. The summed E-state index contributed by atoms with van der Waals surface area (Å²) < 4.78 is 4.95. The average Bonchev–Trinajstić information content (AvgIpc) is 2.96. The summed E-state index contributed by atoms with van der Waals surface area (Å²) in [6.07, 6.45) is 0. The predicted octanol–water partition coefficient (Wildman–Crippen LogP) is 2.55. The molecule has 1 heterocycles. The van der Waals surface area contributed by atoms with Crippen LogP contribution in [0.1, 0.15) is 42.6 Å². The van der Waals surface area contributed by atoms with Crippen molar-refractivity contribution < 1.29 is 4.52 Å². The van der Waals surface area contributed by atoms with Gasteiger partial charge in [0.2, 0.25) is 5.89 Å². The first-order valence-electron chi connectivity index (χ1n) is 7.96. The molecule has 2 rings (SSSR count). The average molecular weight is 315 g/mol. The zero-order valence-corrected chi connectivity index (χ0v) is 14.3. The Bertz CT molecular complexity index is 633. The quantitative estimate of drug-likeness (QED) is 0.633. The van der Waals surface area contributed by atoms with Gasteiger partial charge in [0.1, 0.15) is 6.54 Å². The van der Waals surface area contributed by atoms with Gasteiger partial charge < -0.3 is 15.2 Å². The molecule has 0 amide bonds. The molecule has 1 atom stereocenters. The number of hydrogen-bond donors (Lipinski definition) is 2. The topological polar surface area (TPSA) is 75.3 Å². The molecule has 6 heteroatoms. The van der Waals surface area contributed by atoms with Gasteiger partial charge in [0.05, 0.1) is 0 Å². The third-order valence-electron chi connectivity index (χ3n) is 3.51. The van der Waals surface area contributed by atoms with Gasteiger partial charge in [-0.15, -0.1) is 0 Å². The van der Waals surface area contributed by atoms with Crippen LogP contribution < -0.4 is 10.6 Å². The van der Waals surface area contributed by atoms with Gasteiger partial charge in [0, 0.05) is 20.0 Å². The van der Waals surface area contributed by atoms with E-state index in [1.165, 1.54) is 11.1 Å². The molecule has 0 aliphatic carbocycles. The van der Waals surface area contributed by atoms with Gasteiger partial charge in [0.25, 0.3) is 0 Å². The molecule has 6 nitrogen and oxygen atoms in total. The lowest BCUT2D eigenvalue weighted by Crippen LogP contribution is -2.39. The van der Waals surface area contributed by atoms with Crippen LogP contribution in [0.15, 0.2) is 33.8 Å². The highest BCUT2D eigenvalue weighted by atomic mass is 16.5. The molecule has 1 unspecified atom stereocenters. The van der Waals surface area contributed by atoms with Gasteiger partial charge in [-0.05, 0) is 25.3 Å². The van der Waals surface area contributed by atoms with E-state index in [2.05, 4.69) is 63.9 Å². The molecule has 0 fully saturated rings. The second kappa shape index (κ2) is 8.31. The molecule has 0 radical (unpaired) electrons. The highest BCUT2D eigenvalue weighted by molar-refractivity contribution is 5.79. The molecule has 23 heavy (non-hydrogen) atoms. The third-order valence-corrected chi connectivity index (χ3v) is 3.51. The molecule has 0 aliphatic rings. The number of guanidine groups is 1. The van der Waals surface area contributed by atoms with Gasteiger partial charge in [-0.2, -0.15) is 4.98 Å². The first-order valence-corrected chi connectivity index (χ1v) is 7.96. The van der Waals surface area contributed by atoms with E-state index in [0.717, 1.165) is 19.0 Å². The van der Waals surface area contributed by atoms with Gasteiger partial charge in [0.15, 0.2) is 11.8 Å². The van der Waals surface area contributed by atoms with E-state index in [9.17, 15) is 0 Å². The largest absolute Gasteiger partial charge is 0.357 e. The fraction of sp³-hybridized carbons (Fsp3) is 0.471. The first kappa shape index (κ1) is 17.0. The van der Waals surface area contributed by atoms with Crippen LogP contribution in [0.3, 0.4) is 0 Å². The van der Waals surface area contributed by atoms with E-state index in [4.69, 9.17) is 4.52 Å². The highest BCUT2D eigenvalue weighted by Gasteiger charge is 2.07. The number of aromatic nitrogens is 2. The standard InChI is InChI=1S/C17H25N5O/c1-5-18-17(20-11-16-21-14(4)23-22-16)19-10-13(3)15-8-6-12(2)7-9-15/h6-9,13H,5,10-11H2,1-4H3,(H2,18,19,20). The van der Waals surface area contributed by atoms with Gasteiger partial charge >= 0.3 is 0 Å². The summed E-state index contributed by atoms with van der Waals surface area (Å²) >= 11 is 0. The maximum atomic E-state index is 4.95. The van der Waals surface area contributed by atoms with Crippen molar-refractivity contribution in [2.45, 2.75) is 40.2 Å². The Morgan fingerprint density at radius 3 is 2.57 bits per heavy atom. The fourth-order valence-electron chi connectivity index (χ4n) is 2.16. The van der Waals surface area contributed by atoms with Crippen LogP contribution in [-0.2, 0) is 6.54 Å². The Balaban J connectivity index is 1.91. The number of nitrogens with one attached hydrogen (secondary N) is 2. The SMILES string of the molecule is CCNC(=NCc1noc(C)n1)NCC(C)c1ccc(C)cc1. The van der Waals surface area contributed by atoms with Crippen LogP contribution in [0.4, 0.5) is 0 Å². The lowest BCUT2D eigenvalue weighted by atomic mass is 10.0. The Labute approximate surface area is 137 Å². The van der Waals surface area contributed by atoms with Crippen molar-refractivity contribution in [3.05, 3.63) is 47.1 Å². The van der Waals surface area contributed by atoms with E-state index >= 15 is 0 Å². The zero-order chi connectivity index (χ0) is 16.7. The molecule has 124 valence electrons. The summed E-state index contributed by atoms with van der Waals surface area (Å²) in [5, 5.41) is 10.4. The number of benzene rings is 1. The number of aryl methyl sites for hydroxylation is 2. The molecule has 0 spiro atoms. The van der Waals surface area contributed by atoms with Gasteiger partial charge in [-0.1, -0.05) is 41.9 Å². The number of nitrogens with zero attached hydrogens (tertiary/aromatic N) is 3. The first-order chi connectivity index (χ1) is 11.1. The smallest absolute Gasteiger partial charge is 0.223 e. The van der Waals surface area contributed by atoms with Crippen molar-refractivity contribution in [1.29, 1.82) is 0 Å². The van der Waals surface area contributed by atoms with E-state index in [1.807, 2.05) is 6.92 Å². The number of hydrogen-bond acceptors (Lipinski definition) is 4. The number of rotatable bonds is 6. The van der Waals surface area contributed by atoms with Crippen molar-refractivity contribution >= 4 is 5.96 Å². The minimum atomic E-state index is 0.394. The minimum absolute atomic E-state index is 0.394. The number of aliphatic imine (C=N–C) groups is 1. The summed E-state index contributed by atoms with van der Waals surface area (Å²) in [6.45, 7) is 10.1. The van der Waals surface area contributed by atoms with Crippen LogP contribution in [0.25, 0.3) is 0 Å². The Kier molecular flexibility index (Phi) is 6.14. The summed E-state index contributed by atoms with van der Waals surface area (Å²) in [6, 6.07) is 8.63.